The molecule has 0 N–H and O–H groups in total. The molecule has 0 saturated carbocycles. The lowest BCUT2D eigenvalue weighted by Crippen LogP contribution is -1.97. The summed E-state index contributed by atoms with van der Waals surface area (Å²) < 4.78 is 0. The predicted molar refractivity (Wildman–Crippen MR) is 106 cm³/mol. The maximum absolute atomic E-state index is 2.33. The molecule has 2 aromatic carbocycles. The minimum atomic E-state index is 0.906. The molecule has 0 nitrogen and oxygen atoms in total. The van der Waals surface area contributed by atoms with Gasteiger partial charge in [-0.1, -0.05) is 91.8 Å². The number of hydrogen-bond donors (Lipinski definition) is 0. The van der Waals surface area contributed by atoms with Crippen LogP contribution in [0.1, 0.15) is 50.7 Å². The second kappa shape index (κ2) is 10.1. The Balaban J connectivity index is 1.81. The first-order valence-corrected chi connectivity index (χ1v) is 11.5. The predicted octanol–water partition coefficient (Wildman–Crippen LogP) is 5.59. The summed E-state index contributed by atoms with van der Waals surface area (Å²) >= 11 is 0. The van der Waals surface area contributed by atoms with Crippen LogP contribution in [-0.4, -0.2) is 0 Å². The van der Waals surface area contributed by atoms with Crippen molar-refractivity contribution in [3.05, 3.63) is 59.7 Å². The third-order valence-corrected chi connectivity index (χ3v) is 7.37. The molecule has 0 saturated heterocycles. The maximum atomic E-state index is 2.33. The molecule has 2 rings (SSSR count). The molecule has 0 bridgehead atoms. The van der Waals surface area contributed by atoms with E-state index >= 15 is 0 Å². The van der Waals surface area contributed by atoms with Crippen LogP contribution in [0.15, 0.2) is 48.5 Å². The molecule has 0 radical (unpaired) electrons. The Labute approximate surface area is 139 Å². The standard InChI is InChI=1S/C20H28P2/c1-3-5-7-17-9-13-19(14-10-17)21-22-20-15-11-18(12-16-20)8-6-4-2/h9-16,21-22H,3-8H2,1-2H3. The highest BCUT2D eigenvalue weighted by atomic mass is 32.0. The van der Waals surface area contributed by atoms with Gasteiger partial charge >= 0.3 is 0 Å². The lowest BCUT2D eigenvalue weighted by Gasteiger charge is -2.06. The summed E-state index contributed by atoms with van der Waals surface area (Å²) in [6, 6.07) is 18.6. The van der Waals surface area contributed by atoms with E-state index in [1.54, 1.807) is 0 Å². The van der Waals surface area contributed by atoms with Gasteiger partial charge in [0, 0.05) is 0 Å². The van der Waals surface area contributed by atoms with Crippen LogP contribution < -0.4 is 10.6 Å². The Hall–Kier alpha value is -0.700. The summed E-state index contributed by atoms with van der Waals surface area (Å²) in [6.45, 7) is 4.51. The summed E-state index contributed by atoms with van der Waals surface area (Å²) in [4.78, 5) is 0. The van der Waals surface area contributed by atoms with E-state index in [1.807, 2.05) is 0 Å². The van der Waals surface area contributed by atoms with Gasteiger partial charge < -0.3 is 0 Å². The van der Waals surface area contributed by atoms with Crippen molar-refractivity contribution >= 4 is 27.1 Å². The van der Waals surface area contributed by atoms with Crippen molar-refractivity contribution in [2.24, 2.45) is 0 Å². The van der Waals surface area contributed by atoms with Gasteiger partial charge in [0.25, 0.3) is 0 Å². The van der Waals surface area contributed by atoms with Gasteiger partial charge in [-0.25, -0.2) is 0 Å². The molecule has 0 amide bonds. The molecule has 2 aromatic rings. The normalized spacial score (nSPS) is 11.9. The average molecular weight is 330 g/mol. The largest absolute Gasteiger partial charge is 0.0654 e. The highest BCUT2D eigenvalue weighted by Gasteiger charge is 1.98. The molecule has 2 heteroatoms. The Morgan fingerprint density at radius 2 is 0.955 bits per heavy atom. The molecular weight excluding hydrogens is 302 g/mol. The van der Waals surface area contributed by atoms with Crippen LogP contribution in [0.25, 0.3) is 0 Å². The molecule has 0 heterocycles. The van der Waals surface area contributed by atoms with Crippen molar-refractivity contribution in [3.8, 4) is 0 Å². The van der Waals surface area contributed by atoms with Crippen LogP contribution in [-0.2, 0) is 12.8 Å². The quantitative estimate of drug-likeness (QED) is 0.525. The van der Waals surface area contributed by atoms with E-state index < -0.39 is 0 Å². The van der Waals surface area contributed by atoms with E-state index in [9.17, 15) is 0 Å². The molecule has 0 aliphatic rings. The smallest absolute Gasteiger partial charge is 0.0227 e. The van der Waals surface area contributed by atoms with Crippen molar-refractivity contribution < 1.29 is 0 Å². The van der Waals surface area contributed by atoms with E-state index in [4.69, 9.17) is 0 Å². The molecular formula is C20H28P2. The van der Waals surface area contributed by atoms with Gasteiger partial charge in [0.2, 0.25) is 0 Å². The number of benzene rings is 2. The average Bonchev–Trinajstić information content (AvgIpc) is 2.58. The highest BCUT2D eigenvalue weighted by molar-refractivity contribution is 8.18. The number of aryl methyl sites for hydroxylation is 2. The van der Waals surface area contributed by atoms with Crippen molar-refractivity contribution in [3.63, 3.8) is 0 Å². The zero-order valence-electron chi connectivity index (χ0n) is 13.9. The first-order chi connectivity index (χ1) is 10.8. The van der Waals surface area contributed by atoms with E-state index in [2.05, 4.69) is 62.4 Å². The Morgan fingerprint density at radius 1 is 0.591 bits per heavy atom. The third kappa shape index (κ3) is 6.20. The van der Waals surface area contributed by atoms with Crippen molar-refractivity contribution in [2.75, 3.05) is 0 Å². The summed E-state index contributed by atoms with van der Waals surface area (Å²) in [5, 5.41) is 2.99. The molecule has 2 atom stereocenters. The first-order valence-electron chi connectivity index (χ1n) is 8.51. The van der Waals surface area contributed by atoms with Crippen LogP contribution >= 0.6 is 16.5 Å². The van der Waals surface area contributed by atoms with Gasteiger partial charge in [0.05, 0.1) is 0 Å². The molecule has 118 valence electrons. The Kier molecular flexibility index (Phi) is 8.14. The van der Waals surface area contributed by atoms with Crippen LogP contribution in [0.3, 0.4) is 0 Å². The number of hydrogen-bond acceptors (Lipinski definition) is 0. The fraction of sp³-hybridized carbons (Fsp3) is 0.400. The SMILES string of the molecule is CCCCc1ccc(PPc2ccc(CCCC)cc2)cc1. The van der Waals surface area contributed by atoms with Gasteiger partial charge in [-0.05, 0) is 47.4 Å². The number of rotatable bonds is 9. The molecule has 2 unspecified atom stereocenters. The highest BCUT2D eigenvalue weighted by Crippen LogP contribution is 2.34. The monoisotopic (exact) mass is 330 g/mol. The van der Waals surface area contributed by atoms with E-state index in [1.165, 1.54) is 60.3 Å². The fourth-order valence-electron chi connectivity index (χ4n) is 2.42. The first kappa shape index (κ1) is 17.7. The van der Waals surface area contributed by atoms with Crippen molar-refractivity contribution in [2.45, 2.75) is 52.4 Å². The Morgan fingerprint density at radius 3 is 1.27 bits per heavy atom. The van der Waals surface area contributed by atoms with Gasteiger partial charge in [0.1, 0.15) is 0 Å². The summed E-state index contributed by atoms with van der Waals surface area (Å²) in [5.41, 5.74) is 2.97. The van der Waals surface area contributed by atoms with Crippen LogP contribution in [0, 0.1) is 0 Å². The molecule has 0 aliphatic heterocycles. The molecule has 0 aliphatic carbocycles. The van der Waals surface area contributed by atoms with E-state index in [0.29, 0.717) is 0 Å². The lowest BCUT2D eigenvalue weighted by atomic mass is 10.1. The fourth-order valence-corrected chi connectivity index (χ4v) is 5.24. The molecule has 0 spiro atoms. The number of unbranched alkanes of at least 4 members (excludes halogenated alkanes) is 2. The van der Waals surface area contributed by atoms with E-state index in [-0.39, 0.29) is 0 Å². The van der Waals surface area contributed by atoms with Gasteiger partial charge in [0.15, 0.2) is 0 Å². The van der Waals surface area contributed by atoms with Crippen LogP contribution in [0.2, 0.25) is 0 Å². The summed E-state index contributed by atoms with van der Waals surface area (Å²) in [5.74, 6) is 0. The maximum Gasteiger partial charge on any atom is -0.0227 e. The molecule has 22 heavy (non-hydrogen) atoms. The summed E-state index contributed by atoms with van der Waals surface area (Å²) in [7, 11) is 1.81. The van der Waals surface area contributed by atoms with Crippen LogP contribution in [0.4, 0.5) is 0 Å². The minimum absolute atomic E-state index is 0.906. The minimum Gasteiger partial charge on any atom is -0.0654 e. The van der Waals surface area contributed by atoms with Gasteiger partial charge in [-0.2, -0.15) is 0 Å². The Bertz CT molecular complexity index is 477. The second-order valence-electron chi connectivity index (χ2n) is 5.85. The van der Waals surface area contributed by atoms with Gasteiger partial charge in [-0.3, -0.25) is 0 Å². The van der Waals surface area contributed by atoms with Gasteiger partial charge in [-0.15, -0.1) is 0 Å². The topological polar surface area (TPSA) is 0 Å². The molecule has 0 fully saturated rings. The summed E-state index contributed by atoms with van der Waals surface area (Å²) in [6.07, 6.45) is 7.60. The van der Waals surface area contributed by atoms with Crippen LogP contribution in [0.5, 0.6) is 0 Å². The second-order valence-corrected chi connectivity index (χ2v) is 9.01. The zero-order valence-corrected chi connectivity index (χ0v) is 15.9. The third-order valence-electron chi connectivity index (χ3n) is 3.90. The lowest BCUT2D eigenvalue weighted by molar-refractivity contribution is 0.795. The van der Waals surface area contributed by atoms with E-state index in [0.717, 1.165) is 16.5 Å². The van der Waals surface area contributed by atoms with Crippen molar-refractivity contribution in [1.29, 1.82) is 0 Å². The zero-order chi connectivity index (χ0) is 15.6. The molecule has 0 aromatic heterocycles. The van der Waals surface area contributed by atoms with Crippen molar-refractivity contribution in [1.82, 2.24) is 0 Å².